The van der Waals surface area contributed by atoms with E-state index in [1.165, 1.54) is 57.8 Å². The van der Waals surface area contributed by atoms with E-state index in [2.05, 4.69) is 13.8 Å². The largest absolute Gasteiger partial charge is 0.0974 e. The molecule has 2 aliphatic rings. The van der Waals surface area contributed by atoms with Crippen LogP contribution in [0.15, 0.2) is 0 Å². The highest BCUT2D eigenvalue weighted by Crippen LogP contribution is 2.59. The fourth-order valence-electron chi connectivity index (χ4n) is 4.42. The van der Waals surface area contributed by atoms with E-state index in [4.69, 9.17) is 0 Å². The molecule has 0 aliphatic heterocycles. The molecule has 0 radical (unpaired) electrons. The van der Waals surface area contributed by atoms with Gasteiger partial charge in [0, 0.05) is 0 Å². The van der Waals surface area contributed by atoms with Crippen molar-refractivity contribution in [1.29, 1.82) is 0 Å². The minimum Gasteiger partial charge on any atom is -0.0974 e. The van der Waals surface area contributed by atoms with Crippen molar-refractivity contribution >= 4 is 7.92 Å². The van der Waals surface area contributed by atoms with Crippen LogP contribution in [0.1, 0.15) is 97.3 Å². The molecule has 19 heavy (non-hydrogen) atoms. The molecule has 0 amide bonds. The Hall–Kier alpha value is 0.430. The molecule has 2 rings (SSSR count). The van der Waals surface area contributed by atoms with E-state index in [0.29, 0.717) is 7.92 Å². The lowest BCUT2D eigenvalue weighted by Crippen LogP contribution is -2.25. The second-order valence-corrected chi connectivity index (χ2v) is 10.3. The van der Waals surface area contributed by atoms with E-state index in [1.807, 2.05) is 0 Å². The lowest BCUT2D eigenvalue weighted by Gasteiger charge is -2.42. The van der Waals surface area contributed by atoms with Crippen LogP contribution >= 0.6 is 7.92 Å². The Morgan fingerprint density at radius 3 is 1.74 bits per heavy atom. The smallest absolute Gasteiger partial charge is 0.0204 e. The van der Waals surface area contributed by atoms with Gasteiger partial charge in [-0.3, -0.25) is 0 Å². The molecule has 1 heteroatoms. The van der Waals surface area contributed by atoms with Crippen LogP contribution in [-0.4, -0.2) is 17.0 Å². The molecule has 0 N–H and O–H groups in total. The lowest BCUT2D eigenvalue weighted by molar-refractivity contribution is 0.479. The zero-order valence-corrected chi connectivity index (χ0v) is 14.3. The molecule has 0 aromatic rings. The van der Waals surface area contributed by atoms with E-state index in [1.54, 1.807) is 25.7 Å². The van der Waals surface area contributed by atoms with Crippen LogP contribution in [-0.2, 0) is 0 Å². The van der Waals surface area contributed by atoms with Crippen molar-refractivity contribution in [3.63, 3.8) is 0 Å². The van der Waals surface area contributed by atoms with Gasteiger partial charge in [0.1, 0.15) is 0 Å². The molecule has 0 saturated heterocycles. The summed E-state index contributed by atoms with van der Waals surface area (Å²) in [6, 6.07) is 0. The fourth-order valence-corrected chi connectivity index (χ4v) is 8.86. The Morgan fingerprint density at radius 1 is 0.842 bits per heavy atom. The van der Waals surface area contributed by atoms with E-state index in [9.17, 15) is 0 Å². The molecule has 0 spiro atoms. The van der Waals surface area contributed by atoms with Crippen molar-refractivity contribution in [2.75, 3.05) is 0 Å². The molecule has 0 aromatic carbocycles. The molecule has 2 saturated carbocycles. The minimum absolute atomic E-state index is 0.330. The average Bonchev–Trinajstić information content (AvgIpc) is 2.47. The molecule has 2 fully saturated rings. The summed E-state index contributed by atoms with van der Waals surface area (Å²) >= 11 is 0. The summed E-state index contributed by atoms with van der Waals surface area (Å²) < 4.78 is 0. The topological polar surface area (TPSA) is 0 Å². The Balaban J connectivity index is 1.97. The van der Waals surface area contributed by atoms with Gasteiger partial charge in [-0.15, -0.1) is 0 Å². The molecule has 0 aromatic heterocycles. The first-order chi connectivity index (χ1) is 9.33. The second-order valence-electron chi connectivity index (χ2n) is 7.02. The summed E-state index contributed by atoms with van der Waals surface area (Å²) in [5.74, 6) is 0. The Morgan fingerprint density at radius 2 is 1.32 bits per heavy atom. The first kappa shape index (κ1) is 15.8. The molecule has 0 bridgehead atoms. The maximum atomic E-state index is 2.62. The normalized spacial score (nSPS) is 24.8. The second kappa shape index (κ2) is 8.66. The van der Waals surface area contributed by atoms with Crippen LogP contribution in [0.4, 0.5) is 0 Å². The SMILES string of the molecule is CCCCC(C)P(C1CCCCC1)C1CCCCC1. The summed E-state index contributed by atoms with van der Waals surface area (Å²) in [5, 5.41) is 0. The van der Waals surface area contributed by atoms with Crippen LogP contribution in [0.3, 0.4) is 0 Å². The van der Waals surface area contributed by atoms with Gasteiger partial charge in [-0.1, -0.05) is 73.1 Å². The fraction of sp³-hybridized carbons (Fsp3) is 1.00. The van der Waals surface area contributed by atoms with Crippen molar-refractivity contribution in [3.8, 4) is 0 Å². The third-order valence-corrected chi connectivity index (χ3v) is 9.47. The molecule has 0 nitrogen and oxygen atoms in total. The van der Waals surface area contributed by atoms with Gasteiger partial charge >= 0.3 is 0 Å². The lowest BCUT2D eigenvalue weighted by atomic mass is 9.99. The van der Waals surface area contributed by atoms with Crippen LogP contribution in [0.2, 0.25) is 0 Å². The van der Waals surface area contributed by atoms with E-state index in [-0.39, 0.29) is 0 Å². The van der Waals surface area contributed by atoms with Crippen molar-refractivity contribution in [3.05, 3.63) is 0 Å². The summed E-state index contributed by atoms with van der Waals surface area (Å²) in [6.45, 7) is 4.97. The summed E-state index contributed by atoms with van der Waals surface area (Å²) in [4.78, 5) is 0. The van der Waals surface area contributed by atoms with E-state index in [0.717, 1.165) is 17.0 Å². The first-order valence-corrected chi connectivity index (χ1v) is 10.6. The van der Waals surface area contributed by atoms with Crippen molar-refractivity contribution in [2.24, 2.45) is 0 Å². The average molecular weight is 282 g/mol. The highest BCUT2D eigenvalue weighted by atomic mass is 31.1. The van der Waals surface area contributed by atoms with Crippen molar-refractivity contribution in [1.82, 2.24) is 0 Å². The quantitative estimate of drug-likeness (QED) is 0.475. The minimum atomic E-state index is 0.330. The molecule has 2 aliphatic carbocycles. The Labute approximate surface area is 122 Å². The molecular weight excluding hydrogens is 247 g/mol. The van der Waals surface area contributed by atoms with Crippen LogP contribution in [0.5, 0.6) is 0 Å². The van der Waals surface area contributed by atoms with Gasteiger partial charge in [-0.05, 0) is 49.1 Å². The van der Waals surface area contributed by atoms with Crippen LogP contribution < -0.4 is 0 Å². The van der Waals surface area contributed by atoms with Gasteiger partial charge in [-0.2, -0.15) is 0 Å². The standard InChI is InChI=1S/C18H35P/c1-3-4-11-16(2)19(17-12-7-5-8-13-17)18-14-9-6-10-15-18/h16-18H,3-15H2,1-2H3. The van der Waals surface area contributed by atoms with Gasteiger partial charge in [0.25, 0.3) is 0 Å². The van der Waals surface area contributed by atoms with Crippen molar-refractivity contribution in [2.45, 2.75) is 114 Å². The Bertz CT molecular complexity index is 208. The number of rotatable bonds is 6. The highest BCUT2D eigenvalue weighted by Gasteiger charge is 2.33. The maximum Gasteiger partial charge on any atom is -0.0204 e. The molecular formula is C18H35P. The monoisotopic (exact) mass is 282 g/mol. The molecule has 112 valence electrons. The predicted octanol–water partition coefficient (Wildman–Crippen LogP) is 6.71. The predicted molar refractivity (Wildman–Crippen MR) is 89.7 cm³/mol. The summed E-state index contributed by atoms with van der Waals surface area (Å²) in [7, 11) is 0.330. The molecule has 1 atom stereocenters. The van der Waals surface area contributed by atoms with Gasteiger partial charge in [0.05, 0.1) is 0 Å². The van der Waals surface area contributed by atoms with Gasteiger partial charge in [-0.25, -0.2) is 0 Å². The zero-order valence-electron chi connectivity index (χ0n) is 13.4. The van der Waals surface area contributed by atoms with Gasteiger partial charge in [0.15, 0.2) is 0 Å². The van der Waals surface area contributed by atoms with Crippen LogP contribution in [0.25, 0.3) is 0 Å². The van der Waals surface area contributed by atoms with Gasteiger partial charge in [0.2, 0.25) is 0 Å². The number of unbranched alkanes of at least 4 members (excludes halogenated alkanes) is 1. The number of hydrogen-bond donors (Lipinski definition) is 0. The summed E-state index contributed by atoms with van der Waals surface area (Å²) in [6.07, 6.45) is 19.9. The maximum absolute atomic E-state index is 2.62. The summed E-state index contributed by atoms with van der Waals surface area (Å²) in [5.41, 5.74) is 3.36. The van der Waals surface area contributed by atoms with E-state index >= 15 is 0 Å². The Kier molecular flexibility index (Phi) is 7.21. The zero-order chi connectivity index (χ0) is 13.5. The van der Waals surface area contributed by atoms with Crippen molar-refractivity contribution < 1.29 is 0 Å². The van der Waals surface area contributed by atoms with E-state index < -0.39 is 0 Å². The van der Waals surface area contributed by atoms with Crippen LogP contribution in [0, 0.1) is 0 Å². The molecule has 0 heterocycles. The number of hydrogen-bond acceptors (Lipinski definition) is 0. The third kappa shape index (κ3) is 4.73. The molecule has 1 unspecified atom stereocenters. The van der Waals surface area contributed by atoms with Gasteiger partial charge < -0.3 is 0 Å². The highest BCUT2D eigenvalue weighted by molar-refractivity contribution is 7.59. The third-order valence-electron chi connectivity index (χ3n) is 5.48. The first-order valence-electron chi connectivity index (χ1n) is 9.10.